The predicted molar refractivity (Wildman–Crippen MR) is 56.8 cm³/mol. The van der Waals surface area contributed by atoms with Crippen molar-refractivity contribution in [1.29, 1.82) is 0 Å². The van der Waals surface area contributed by atoms with Crippen LogP contribution in [0.5, 0.6) is 0 Å². The maximum absolute atomic E-state index is 11.3. The number of benzene rings is 1. The van der Waals surface area contributed by atoms with Crippen molar-refractivity contribution >= 4 is 27.6 Å². The van der Waals surface area contributed by atoms with Gasteiger partial charge in [0.2, 0.25) is 0 Å². The standard InChI is InChI=1S/C9H8BrNO4/c1-2-15-9(12)6-3-4-8(11(13)14)7(10)5-6/h3-5H,2H2,1H3. The molecule has 0 heterocycles. The molecular formula is C9H8BrNO4. The zero-order valence-corrected chi connectivity index (χ0v) is 9.48. The molecule has 0 amide bonds. The Morgan fingerprint density at radius 2 is 2.27 bits per heavy atom. The number of carbonyl (C=O) groups is 1. The summed E-state index contributed by atoms with van der Waals surface area (Å²) in [5.74, 6) is -0.493. The van der Waals surface area contributed by atoms with Crippen LogP contribution in [0.4, 0.5) is 5.69 Å². The molecule has 1 aromatic carbocycles. The number of esters is 1. The molecule has 15 heavy (non-hydrogen) atoms. The number of rotatable bonds is 3. The lowest BCUT2D eigenvalue weighted by atomic mass is 10.2. The number of nitrogens with zero attached hydrogens (tertiary/aromatic N) is 1. The molecule has 0 atom stereocenters. The van der Waals surface area contributed by atoms with Crippen molar-refractivity contribution in [3.63, 3.8) is 0 Å². The highest BCUT2D eigenvalue weighted by Crippen LogP contribution is 2.25. The van der Waals surface area contributed by atoms with E-state index in [1.54, 1.807) is 6.92 Å². The van der Waals surface area contributed by atoms with Gasteiger partial charge >= 0.3 is 5.97 Å². The molecule has 0 aliphatic heterocycles. The van der Waals surface area contributed by atoms with E-state index in [0.717, 1.165) is 0 Å². The summed E-state index contributed by atoms with van der Waals surface area (Å²) in [6.07, 6.45) is 0. The summed E-state index contributed by atoms with van der Waals surface area (Å²) >= 11 is 3.02. The molecule has 1 rings (SSSR count). The van der Waals surface area contributed by atoms with Crippen LogP contribution < -0.4 is 0 Å². The fourth-order valence-corrected chi connectivity index (χ4v) is 1.52. The van der Waals surface area contributed by atoms with Gasteiger partial charge in [-0.15, -0.1) is 0 Å². The van der Waals surface area contributed by atoms with Crippen molar-refractivity contribution in [3.05, 3.63) is 38.3 Å². The third-order valence-corrected chi connectivity index (χ3v) is 2.29. The molecule has 0 saturated heterocycles. The van der Waals surface area contributed by atoms with Gasteiger partial charge in [-0.05, 0) is 35.0 Å². The quantitative estimate of drug-likeness (QED) is 0.482. The molecule has 0 N–H and O–H groups in total. The van der Waals surface area contributed by atoms with Gasteiger partial charge in [-0.3, -0.25) is 10.1 Å². The Bertz CT molecular complexity index is 405. The van der Waals surface area contributed by atoms with Gasteiger partial charge in [0.15, 0.2) is 0 Å². The summed E-state index contributed by atoms with van der Waals surface area (Å²) in [5, 5.41) is 10.5. The summed E-state index contributed by atoms with van der Waals surface area (Å²) in [4.78, 5) is 21.2. The number of hydrogen-bond donors (Lipinski definition) is 0. The van der Waals surface area contributed by atoms with Crippen molar-refractivity contribution in [1.82, 2.24) is 0 Å². The highest BCUT2D eigenvalue weighted by atomic mass is 79.9. The van der Waals surface area contributed by atoms with Crippen molar-refractivity contribution < 1.29 is 14.5 Å². The number of ether oxygens (including phenoxy) is 1. The molecule has 0 aromatic heterocycles. The molecule has 1 aromatic rings. The highest BCUT2D eigenvalue weighted by molar-refractivity contribution is 9.10. The molecule has 0 unspecified atom stereocenters. The number of hydrogen-bond acceptors (Lipinski definition) is 4. The smallest absolute Gasteiger partial charge is 0.338 e. The predicted octanol–water partition coefficient (Wildman–Crippen LogP) is 2.53. The first-order chi connectivity index (χ1) is 7.06. The second kappa shape index (κ2) is 4.88. The number of carbonyl (C=O) groups excluding carboxylic acids is 1. The van der Waals surface area contributed by atoms with Gasteiger partial charge in [-0.2, -0.15) is 0 Å². The van der Waals surface area contributed by atoms with E-state index < -0.39 is 10.9 Å². The molecule has 0 spiro atoms. The summed E-state index contributed by atoms with van der Waals surface area (Å²) in [7, 11) is 0. The van der Waals surface area contributed by atoms with Gasteiger partial charge in [0.1, 0.15) is 0 Å². The van der Waals surface area contributed by atoms with E-state index in [1.165, 1.54) is 18.2 Å². The molecule has 6 heteroatoms. The van der Waals surface area contributed by atoms with Crippen LogP contribution in [0.15, 0.2) is 22.7 Å². The van der Waals surface area contributed by atoms with E-state index in [4.69, 9.17) is 4.74 Å². The average molecular weight is 274 g/mol. The normalized spacial score (nSPS) is 9.73. The molecule has 0 fully saturated rings. The fraction of sp³-hybridized carbons (Fsp3) is 0.222. The summed E-state index contributed by atoms with van der Waals surface area (Å²) < 4.78 is 5.02. The minimum Gasteiger partial charge on any atom is -0.462 e. The first-order valence-electron chi connectivity index (χ1n) is 4.17. The SMILES string of the molecule is CCOC(=O)c1ccc([N+](=O)[O-])c(Br)c1. The molecule has 0 aliphatic carbocycles. The third-order valence-electron chi connectivity index (χ3n) is 1.66. The van der Waals surface area contributed by atoms with Crippen LogP contribution in [0.2, 0.25) is 0 Å². The van der Waals surface area contributed by atoms with Gasteiger partial charge in [0.25, 0.3) is 5.69 Å². The number of nitro groups is 1. The molecule has 0 saturated carbocycles. The zero-order chi connectivity index (χ0) is 11.4. The largest absolute Gasteiger partial charge is 0.462 e. The molecule has 80 valence electrons. The molecule has 0 bridgehead atoms. The van der Waals surface area contributed by atoms with Gasteiger partial charge in [-0.1, -0.05) is 0 Å². The van der Waals surface area contributed by atoms with Crippen LogP contribution in [-0.2, 0) is 4.74 Å². The van der Waals surface area contributed by atoms with Gasteiger partial charge < -0.3 is 4.74 Å². The minimum absolute atomic E-state index is 0.0805. The lowest BCUT2D eigenvalue weighted by molar-refractivity contribution is -0.385. The maximum Gasteiger partial charge on any atom is 0.338 e. The molecule has 0 radical (unpaired) electrons. The molecule has 5 nitrogen and oxygen atoms in total. The number of halogens is 1. The van der Waals surface area contributed by atoms with E-state index in [-0.39, 0.29) is 22.3 Å². The van der Waals surface area contributed by atoms with Crippen LogP contribution in [0.25, 0.3) is 0 Å². The first-order valence-corrected chi connectivity index (χ1v) is 4.96. The van der Waals surface area contributed by atoms with Crippen molar-refractivity contribution in [2.75, 3.05) is 6.61 Å². The van der Waals surface area contributed by atoms with Crippen LogP contribution in [0.3, 0.4) is 0 Å². The van der Waals surface area contributed by atoms with Crippen LogP contribution in [0.1, 0.15) is 17.3 Å². The minimum atomic E-state index is -0.529. The monoisotopic (exact) mass is 273 g/mol. The summed E-state index contributed by atoms with van der Waals surface area (Å²) in [6, 6.07) is 3.99. The third kappa shape index (κ3) is 2.76. The van der Waals surface area contributed by atoms with Crippen LogP contribution >= 0.6 is 15.9 Å². The Morgan fingerprint density at radius 1 is 1.60 bits per heavy atom. The van der Waals surface area contributed by atoms with Gasteiger partial charge in [-0.25, -0.2) is 4.79 Å². The van der Waals surface area contributed by atoms with E-state index in [9.17, 15) is 14.9 Å². The maximum atomic E-state index is 11.3. The second-order valence-corrected chi connectivity index (χ2v) is 3.50. The molecular weight excluding hydrogens is 266 g/mol. The lowest BCUT2D eigenvalue weighted by Gasteiger charge is -2.02. The Morgan fingerprint density at radius 3 is 2.73 bits per heavy atom. The Labute approximate surface area is 94.3 Å². The van der Waals surface area contributed by atoms with Crippen LogP contribution in [0, 0.1) is 10.1 Å². The number of nitro benzene ring substituents is 1. The highest BCUT2D eigenvalue weighted by Gasteiger charge is 2.15. The Hall–Kier alpha value is -1.43. The van der Waals surface area contributed by atoms with E-state index in [1.807, 2.05) is 0 Å². The van der Waals surface area contributed by atoms with Gasteiger partial charge in [0.05, 0.1) is 21.6 Å². The fourth-order valence-electron chi connectivity index (χ4n) is 0.996. The zero-order valence-electron chi connectivity index (χ0n) is 7.90. The summed E-state index contributed by atoms with van der Waals surface area (Å²) in [5.41, 5.74) is 0.206. The summed E-state index contributed by atoms with van der Waals surface area (Å²) in [6.45, 7) is 1.96. The first kappa shape index (κ1) is 11.6. The van der Waals surface area contributed by atoms with E-state index in [0.29, 0.717) is 0 Å². The lowest BCUT2D eigenvalue weighted by Crippen LogP contribution is -2.04. The second-order valence-electron chi connectivity index (χ2n) is 2.64. The Balaban J connectivity index is 3.01. The molecule has 0 aliphatic rings. The average Bonchev–Trinajstić information content (AvgIpc) is 2.17. The van der Waals surface area contributed by atoms with E-state index >= 15 is 0 Å². The van der Waals surface area contributed by atoms with E-state index in [2.05, 4.69) is 15.9 Å². The van der Waals surface area contributed by atoms with Crippen molar-refractivity contribution in [2.45, 2.75) is 6.92 Å². The topological polar surface area (TPSA) is 69.4 Å². The van der Waals surface area contributed by atoms with Crippen molar-refractivity contribution in [3.8, 4) is 0 Å². The van der Waals surface area contributed by atoms with Crippen LogP contribution in [-0.4, -0.2) is 17.5 Å². The van der Waals surface area contributed by atoms with Gasteiger partial charge in [0, 0.05) is 6.07 Å². The Kier molecular flexibility index (Phi) is 3.79. The van der Waals surface area contributed by atoms with Crippen molar-refractivity contribution in [2.24, 2.45) is 0 Å².